The number of Topliss-reactive ketones (excluding diaryl/α,β-unsaturated/α-hetero) is 2. The number of rotatable bonds is 16. The number of hydrogen-bond donors (Lipinski definition) is 5. The molecule has 0 amide bonds. The number of aromatic nitrogens is 1. The number of epoxide rings is 1. The second-order valence-corrected chi connectivity index (χ2v) is 16.9. The maximum atomic E-state index is 15.1. The Balaban J connectivity index is 1.20. The van der Waals surface area contributed by atoms with Crippen LogP contribution in [0.5, 0.6) is 0 Å². The van der Waals surface area contributed by atoms with Crippen LogP contribution in [0.2, 0.25) is 0 Å². The van der Waals surface area contributed by atoms with E-state index in [1.807, 2.05) is 56.5 Å². The molecule has 59 heavy (non-hydrogen) atoms. The van der Waals surface area contributed by atoms with Gasteiger partial charge in [0.1, 0.15) is 5.82 Å². The van der Waals surface area contributed by atoms with Gasteiger partial charge in [-0.1, -0.05) is 86.2 Å². The van der Waals surface area contributed by atoms with E-state index in [1.165, 1.54) is 5.57 Å². The van der Waals surface area contributed by atoms with Gasteiger partial charge in [-0.2, -0.15) is 0 Å². The molecule has 4 aliphatic carbocycles. The van der Waals surface area contributed by atoms with Gasteiger partial charge in [0.05, 0.1) is 19.3 Å². The maximum absolute atomic E-state index is 15.1. The fraction of sp³-hybridized carbons (Fsp3) is 0.468. The molecule has 0 spiro atoms. The van der Waals surface area contributed by atoms with Gasteiger partial charge in [0.2, 0.25) is 5.78 Å². The molecule has 1 saturated heterocycles. The Labute approximate surface area is 348 Å². The average Bonchev–Trinajstić information content (AvgIpc) is 3.95. The van der Waals surface area contributed by atoms with E-state index in [0.29, 0.717) is 31.2 Å². The van der Waals surface area contributed by atoms with E-state index in [9.17, 15) is 9.59 Å². The summed E-state index contributed by atoms with van der Waals surface area (Å²) in [6, 6.07) is 8.97. The van der Waals surface area contributed by atoms with Crippen molar-refractivity contribution in [3.63, 3.8) is 0 Å². The molecule has 1 fully saturated rings. The van der Waals surface area contributed by atoms with Gasteiger partial charge in [0, 0.05) is 42.8 Å². The van der Waals surface area contributed by atoms with E-state index in [0.717, 1.165) is 48.9 Å². The molecule has 7 rings (SSSR count). The molecule has 312 valence electrons. The van der Waals surface area contributed by atoms with Crippen molar-refractivity contribution in [1.29, 1.82) is 0 Å². The van der Waals surface area contributed by atoms with Gasteiger partial charge in [-0.15, -0.1) is 0 Å². The molecule has 0 bridgehead atoms. The minimum Gasteiger partial charge on any atom is -0.463 e. The number of fused-ring (bicyclic) bond motifs is 3. The summed E-state index contributed by atoms with van der Waals surface area (Å²) in [5, 5.41) is 13.1. The summed E-state index contributed by atoms with van der Waals surface area (Å²) in [4.78, 5) is 53.2. The number of likely N-dealkylation sites (N-methyl/N-ethyl adjacent to an activating group) is 1. The van der Waals surface area contributed by atoms with Crippen LogP contribution in [-0.4, -0.2) is 79.6 Å². The van der Waals surface area contributed by atoms with Crippen molar-refractivity contribution in [1.82, 2.24) is 20.9 Å². The fourth-order valence-corrected chi connectivity index (χ4v) is 9.38. The quantitative estimate of drug-likeness (QED) is 0.0254. The Morgan fingerprint density at radius 3 is 2.80 bits per heavy atom. The van der Waals surface area contributed by atoms with Gasteiger partial charge in [0.15, 0.2) is 17.3 Å². The van der Waals surface area contributed by atoms with E-state index >= 15 is 4.79 Å². The molecule has 12 nitrogen and oxygen atoms in total. The summed E-state index contributed by atoms with van der Waals surface area (Å²) in [6.07, 6.45) is 23.3. The summed E-state index contributed by atoms with van der Waals surface area (Å²) in [7, 11) is 3.46. The fourth-order valence-electron chi connectivity index (χ4n) is 9.38. The number of allylic oxidation sites excluding steroid dienone is 7. The van der Waals surface area contributed by atoms with Crippen molar-refractivity contribution < 1.29 is 23.9 Å². The monoisotopic (exact) mass is 801 g/mol. The van der Waals surface area contributed by atoms with Crippen LogP contribution in [0.4, 0.5) is 5.82 Å². The van der Waals surface area contributed by atoms with Crippen molar-refractivity contribution in [3.8, 4) is 0 Å². The molecule has 1 aliphatic heterocycles. The highest BCUT2D eigenvalue weighted by atomic mass is 16.7. The molecule has 1 aromatic carbocycles. The Morgan fingerprint density at radius 2 is 2.03 bits per heavy atom. The molecular weight excluding hydrogens is 743 g/mol. The maximum Gasteiger partial charge on any atom is 0.350 e. The van der Waals surface area contributed by atoms with Gasteiger partial charge in [-0.25, -0.2) is 9.78 Å². The number of nitrogens with zero attached hydrogens (tertiary/aromatic N) is 2. The van der Waals surface area contributed by atoms with Gasteiger partial charge in [-0.3, -0.25) is 14.6 Å². The van der Waals surface area contributed by atoms with Crippen LogP contribution in [-0.2, 0) is 20.7 Å². The largest absolute Gasteiger partial charge is 0.463 e. The first kappa shape index (κ1) is 42.0. The van der Waals surface area contributed by atoms with Crippen LogP contribution in [0.15, 0.2) is 101 Å². The number of nitrogens with two attached hydrogens (primary N) is 1. The molecular formula is C47H59N7O5. The van der Waals surface area contributed by atoms with Gasteiger partial charge >= 0.3 is 5.97 Å². The number of carbonyl (C=O) groups is 3. The van der Waals surface area contributed by atoms with E-state index in [4.69, 9.17) is 15.2 Å². The first-order valence-electron chi connectivity index (χ1n) is 21.0. The lowest BCUT2D eigenvalue weighted by Crippen LogP contribution is -2.51. The number of aliphatic imine (C=N–C) groups is 1. The zero-order valence-electron chi connectivity index (χ0n) is 35.0. The third-order valence-electron chi connectivity index (χ3n) is 12.6. The van der Waals surface area contributed by atoms with Crippen molar-refractivity contribution >= 4 is 29.3 Å². The lowest BCUT2D eigenvalue weighted by atomic mass is 9.69. The molecule has 0 saturated carbocycles. The first-order chi connectivity index (χ1) is 28.5. The van der Waals surface area contributed by atoms with Crippen LogP contribution in [0.25, 0.3) is 0 Å². The minimum atomic E-state index is -2.10. The number of benzene rings is 1. The smallest absolute Gasteiger partial charge is 0.350 e. The molecule has 2 aromatic rings. The number of ether oxygens (including phenoxy) is 2. The lowest BCUT2D eigenvalue weighted by molar-refractivity contribution is -0.150. The zero-order chi connectivity index (χ0) is 41.8. The predicted molar refractivity (Wildman–Crippen MR) is 231 cm³/mol. The molecule has 5 aliphatic rings. The minimum absolute atomic E-state index is 0.000146. The number of anilines is 1. The van der Waals surface area contributed by atoms with Crippen molar-refractivity contribution in [2.45, 2.75) is 89.0 Å². The Morgan fingerprint density at radius 1 is 1.19 bits per heavy atom. The summed E-state index contributed by atoms with van der Waals surface area (Å²) in [5.41, 5.74) is 6.47. The van der Waals surface area contributed by atoms with Gasteiger partial charge in [-0.05, 0) is 99.2 Å². The molecule has 7 atom stereocenters. The Bertz CT molecular complexity index is 2140. The molecule has 2 heterocycles. The van der Waals surface area contributed by atoms with Crippen LogP contribution < -0.4 is 27.0 Å². The molecule has 12 heteroatoms. The standard InChI is InChI=1S/C47H59N7O5/c1-6-51-37-25-32-14-9-8-13-31(32)24-35(37)28-58-43(57)47-42(56)40-34(27-45(3)19-10-7-11-20-45)15-12-16-36(40)41(55)46(47,59-47)21-17-30(2)23-38(54-44(48)50-5)33-18-22-52-39(26-33)53-29-49-4/h7,9-12,14-19,22,25-26,31,35,37-38,49,51H,6,8,13,20-21,23-24,27-29H2,1-5H3,(H,52,53)(H3,48,50,54)/b30-17+/t31-,35-,37+,38+,45-,46-,47-/m0/s1. The summed E-state index contributed by atoms with van der Waals surface area (Å²) in [5.74, 6) is -0.335. The lowest BCUT2D eigenvalue weighted by Gasteiger charge is -2.36. The van der Waals surface area contributed by atoms with Gasteiger partial charge in [0.25, 0.3) is 5.60 Å². The molecule has 6 N–H and O–H groups in total. The Hall–Kier alpha value is -5.17. The normalized spacial score (nSPS) is 28.9. The molecule has 0 unspecified atom stereocenters. The van der Waals surface area contributed by atoms with Crippen molar-refractivity contribution in [2.75, 3.05) is 39.2 Å². The topological polar surface area (TPSA) is 172 Å². The van der Waals surface area contributed by atoms with Crippen molar-refractivity contribution in [2.24, 2.45) is 28.0 Å². The van der Waals surface area contributed by atoms with E-state index in [1.54, 1.807) is 19.3 Å². The second kappa shape index (κ2) is 17.6. The molecule has 0 radical (unpaired) electrons. The van der Waals surface area contributed by atoms with Crippen LogP contribution >= 0.6 is 0 Å². The highest BCUT2D eigenvalue weighted by Gasteiger charge is 2.85. The van der Waals surface area contributed by atoms with Gasteiger partial charge < -0.3 is 36.5 Å². The third-order valence-corrected chi connectivity index (χ3v) is 12.6. The van der Waals surface area contributed by atoms with E-state index in [2.05, 4.69) is 75.5 Å². The van der Waals surface area contributed by atoms with Crippen LogP contribution in [0.3, 0.4) is 0 Å². The third kappa shape index (κ3) is 8.35. The highest BCUT2D eigenvalue weighted by Crippen LogP contribution is 2.59. The van der Waals surface area contributed by atoms with Crippen LogP contribution in [0, 0.1) is 17.3 Å². The number of hydrogen-bond acceptors (Lipinski definition) is 10. The van der Waals surface area contributed by atoms with Crippen molar-refractivity contribution in [3.05, 3.63) is 119 Å². The number of ketones is 2. The number of esters is 1. The predicted octanol–water partition coefficient (Wildman–Crippen LogP) is 6.06. The summed E-state index contributed by atoms with van der Waals surface area (Å²) < 4.78 is 12.6. The number of pyridine rings is 1. The SMILES string of the molecule is CCN[C@@H]1C=C2C=CCC[C@H]2C[C@H]1COC(=O)[C@]12O[C@@]1(C/C=C(\C)C[C@@H](NC(N)=NC)c1ccnc(NCNC)c1)C(=O)c1cccc(C[C@@]3(C)C=CC=CC3)c1C2=O. The Kier molecular flexibility index (Phi) is 12.5. The number of guanidine groups is 1. The number of nitrogens with one attached hydrogen (secondary N) is 4. The first-order valence-corrected chi connectivity index (χ1v) is 21.0. The molecule has 1 aromatic heterocycles. The van der Waals surface area contributed by atoms with E-state index in [-0.39, 0.29) is 59.3 Å². The summed E-state index contributed by atoms with van der Waals surface area (Å²) >= 11 is 0. The summed E-state index contributed by atoms with van der Waals surface area (Å²) in [6.45, 7) is 7.55. The number of carbonyl (C=O) groups excluding carboxylic acids is 3. The van der Waals surface area contributed by atoms with Crippen LogP contribution in [0.1, 0.15) is 97.2 Å². The zero-order valence-corrected chi connectivity index (χ0v) is 35.0. The average molecular weight is 802 g/mol. The second-order valence-electron chi connectivity index (χ2n) is 16.9. The highest BCUT2D eigenvalue weighted by molar-refractivity contribution is 6.33. The van der Waals surface area contributed by atoms with E-state index < -0.39 is 23.0 Å².